The second kappa shape index (κ2) is 10.4. The molecule has 1 aromatic heterocycles. The second-order valence-corrected chi connectivity index (χ2v) is 9.84. The van der Waals surface area contributed by atoms with Crippen LogP contribution in [0.5, 0.6) is 0 Å². The van der Waals surface area contributed by atoms with Crippen LogP contribution in [0.15, 0.2) is 12.4 Å². The van der Waals surface area contributed by atoms with E-state index < -0.39 is 36.1 Å². The molecule has 4 unspecified atom stereocenters. The highest BCUT2D eigenvalue weighted by molar-refractivity contribution is 5.96. The molecule has 5 rings (SSSR count). The number of aromatic nitrogens is 1. The molecule has 4 fully saturated rings. The standard InChI is InChI=1S/C22H34F2N10O2/c1-30-2-4-32(5-3-30)22(36)33-8-6-31(7-9-33)18-15(24)11-26-12-16(18)28-21(35)17-19(25)29-34-13-14(23)10-27-20(17)34/h11-12,14,17,19-20,27,29H,2-10,13,25H2,1H3,(H,28,35). The molecule has 1 aromatic rings. The zero-order chi connectivity index (χ0) is 25.4. The van der Waals surface area contributed by atoms with Gasteiger partial charge in [0.25, 0.3) is 0 Å². The third-order valence-electron chi connectivity index (χ3n) is 7.39. The van der Waals surface area contributed by atoms with Gasteiger partial charge in [0.05, 0.1) is 36.3 Å². The Bertz CT molecular complexity index is 970. The van der Waals surface area contributed by atoms with Gasteiger partial charge in [-0.3, -0.25) is 15.1 Å². The van der Waals surface area contributed by atoms with E-state index in [0.29, 0.717) is 39.3 Å². The smallest absolute Gasteiger partial charge is 0.320 e. The largest absolute Gasteiger partial charge is 0.364 e. The second-order valence-electron chi connectivity index (χ2n) is 9.84. The maximum Gasteiger partial charge on any atom is 0.320 e. The predicted molar refractivity (Wildman–Crippen MR) is 129 cm³/mol. The van der Waals surface area contributed by atoms with Crippen LogP contribution in [0.3, 0.4) is 0 Å². The minimum atomic E-state index is -1.07. The Labute approximate surface area is 208 Å². The number of alkyl halides is 1. The summed E-state index contributed by atoms with van der Waals surface area (Å²) in [6.45, 7) is 5.07. The molecule has 5 heterocycles. The Kier molecular flexibility index (Phi) is 7.21. The summed E-state index contributed by atoms with van der Waals surface area (Å²) in [6, 6.07) is 0.00857. The van der Waals surface area contributed by atoms with Crippen LogP contribution >= 0.6 is 0 Å². The van der Waals surface area contributed by atoms with E-state index in [1.807, 2.05) is 16.8 Å². The van der Waals surface area contributed by atoms with E-state index in [0.717, 1.165) is 19.3 Å². The fourth-order valence-corrected chi connectivity index (χ4v) is 5.36. The highest BCUT2D eigenvalue weighted by Crippen LogP contribution is 2.31. The van der Waals surface area contributed by atoms with E-state index in [1.54, 1.807) is 9.91 Å². The third-order valence-corrected chi connectivity index (χ3v) is 7.39. The monoisotopic (exact) mass is 508 g/mol. The lowest BCUT2D eigenvalue weighted by atomic mass is 10.0. The summed E-state index contributed by atoms with van der Waals surface area (Å²) in [5.41, 5.74) is 9.56. The number of nitrogens with one attached hydrogen (secondary N) is 3. The molecule has 0 bridgehead atoms. The van der Waals surface area contributed by atoms with Crippen molar-refractivity contribution >= 4 is 23.3 Å². The van der Waals surface area contributed by atoms with Gasteiger partial charge in [-0.1, -0.05) is 0 Å². The van der Waals surface area contributed by atoms with E-state index in [9.17, 15) is 18.4 Å². The van der Waals surface area contributed by atoms with E-state index >= 15 is 0 Å². The molecule has 0 spiro atoms. The van der Waals surface area contributed by atoms with Gasteiger partial charge in [0, 0.05) is 65.4 Å². The summed E-state index contributed by atoms with van der Waals surface area (Å²) in [6.07, 6.45) is 0.267. The summed E-state index contributed by atoms with van der Waals surface area (Å²) < 4.78 is 28.7. The van der Waals surface area contributed by atoms with Gasteiger partial charge >= 0.3 is 6.03 Å². The number of anilines is 2. The van der Waals surface area contributed by atoms with Crippen molar-refractivity contribution < 1.29 is 18.4 Å². The summed E-state index contributed by atoms with van der Waals surface area (Å²) in [4.78, 5) is 37.7. The molecule has 5 N–H and O–H groups in total. The SMILES string of the molecule is CN1CCN(C(=O)N2CCN(c3c(F)cncc3NC(=O)C3C(N)NN4CC(F)CNC34)CC2)CC1. The van der Waals surface area contributed by atoms with Crippen LogP contribution < -0.4 is 26.7 Å². The maximum atomic E-state index is 15.0. The van der Waals surface area contributed by atoms with Crippen molar-refractivity contribution in [2.24, 2.45) is 11.7 Å². The van der Waals surface area contributed by atoms with Crippen LogP contribution in [0.25, 0.3) is 0 Å². The number of likely N-dealkylation sites (N-methyl/N-ethyl adjacent to an activating group) is 1. The highest BCUT2D eigenvalue weighted by atomic mass is 19.1. The minimum Gasteiger partial charge on any atom is -0.364 e. The molecule has 0 aromatic carbocycles. The number of nitrogens with zero attached hydrogens (tertiary/aromatic N) is 6. The summed E-state index contributed by atoms with van der Waals surface area (Å²) >= 11 is 0. The minimum absolute atomic E-state index is 0.00857. The van der Waals surface area contributed by atoms with Crippen molar-refractivity contribution in [1.29, 1.82) is 0 Å². The molecule has 4 saturated heterocycles. The van der Waals surface area contributed by atoms with Gasteiger partial charge in [-0.15, -0.1) is 0 Å². The molecule has 14 heteroatoms. The van der Waals surface area contributed by atoms with E-state index in [4.69, 9.17) is 5.73 Å². The Morgan fingerprint density at radius 3 is 2.44 bits per heavy atom. The lowest BCUT2D eigenvalue weighted by molar-refractivity contribution is -0.121. The van der Waals surface area contributed by atoms with Gasteiger partial charge in [-0.2, -0.15) is 0 Å². The van der Waals surface area contributed by atoms with Gasteiger partial charge in [0.15, 0.2) is 5.82 Å². The fourth-order valence-electron chi connectivity index (χ4n) is 5.36. The average molecular weight is 509 g/mol. The molecule has 4 aliphatic rings. The van der Waals surface area contributed by atoms with Crippen LogP contribution in [0.2, 0.25) is 0 Å². The average Bonchev–Trinajstić information content (AvgIpc) is 3.19. The van der Waals surface area contributed by atoms with Crippen LogP contribution in [-0.2, 0) is 4.79 Å². The predicted octanol–water partition coefficient (Wildman–Crippen LogP) is -1.36. The van der Waals surface area contributed by atoms with Crippen molar-refractivity contribution in [1.82, 2.24) is 35.4 Å². The first-order valence-electron chi connectivity index (χ1n) is 12.4. The summed E-state index contributed by atoms with van der Waals surface area (Å²) in [7, 11) is 2.04. The molecule has 0 radical (unpaired) electrons. The number of carbonyl (C=O) groups excluding carboxylic acids is 2. The van der Waals surface area contributed by atoms with E-state index in [-0.39, 0.29) is 30.5 Å². The van der Waals surface area contributed by atoms with Crippen molar-refractivity contribution in [3.05, 3.63) is 18.2 Å². The first kappa shape index (κ1) is 25.0. The number of hydrazine groups is 1. The first-order chi connectivity index (χ1) is 17.3. The van der Waals surface area contributed by atoms with Crippen molar-refractivity contribution in [3.63, 3.8) is 0 Å². The maximum absolute atomic E-state index is 15.0. The van der Waals surface area contributed by atoms with Crippen molar-refractivity contribution in [3.8, 4) is 0 Å². The highest BCUT2D eigenvalue weighted by Gasteiger charge is 2.47. The molecule has 36 heavy (non-hydrogen) atoms. The number of hydrogen-bond acceptors (Lipinski definition) is 9. The zero-order valence-electron chi connectivity index (χ0n) is 20.4. The zero-order valence-corrected chi connectivity index (χ0v) is 20.4. The topological polar surface area (TPSA) is 125 Å². The summed E-state index contributed by atoms with van der Waals surface area (Å²) in [5.74, 6) is -1.69. The number of carbonyl (C=O) groups is 2. The fraction of sp³-hybridized carbons (Fsp3) is 0.682. The molecule has 0 saturated carbocycles. The van der Waals surface area contributed by atoms with Gasteiger partial charge in [-0.05, 0) is 7.05 Å². The molecular weight excluding hydrogens is 474 g/mol. The Balaban J connectivity index is 1.24. The van der Waals surface area contributed by atoms with Gasteiger partial charge in [0.2, 0.25) is 5.91 Å². The molecular formula is C22H34F2N10O2. The van der Waals surface area contributed by atoms with E-state index in [1.165, 1.54) is 6.20 Å². The van der Waals surface area contributed by atoms with Crippen LogP contribution in [0.4, 0.5) is 25.0 Å². The Hall–Kier alpha value is -2.65. The molecule has 4 atom stereocenters. The quantitative estimate of drug-likeness (QED) is 0.392. The van der Waals surface area contributed by atoms with Gasteiger partial charge in [-0.25, -0.2) is 24.0 Å². The molecule has 198 valence electrons. The van der Waals surface area contributed by atoms with Crippen LogP contribution in [-0.4, -0.2) is 128 Å². The molecule has 0 aliphatic carbocycles. The van der Waals surface area contributed by atoms with Crippen LogP contribution in [0.1, 0.15) is 0 Å². The van der Waals surface area contributed by atoms with Crippen LogP contribution in [0, 0.1) is 11.7 Å². The first-order valence-corrected chi connectivity index (χ1v) is 12.4. The number of halogens is 2. The van der Waals surface area contributed by atoms with Gasteiger partial charge in [0.1, 0.15) is 11.9 Å². The molecule has 3 amide bonds. The van der Waals surface area contributed by atoms with Crippen molar-refractivity contribution in [2.75, 3.05) is 82.7 Å². The lowest BCUT2D eigenvalue weighted by Crippen LogP contribution is -2.58. The van der Waals surface area contributed by atoms with Gasteiger partial charge < -0.3 is 30.7 Å². The van der Waals surface area contributed by atoms with Crippen molar-refractivity contribution in [2.45, 2.75) is 18.5 Å². The molecule has 4 aliphatic heterocycles. The lowest BCUT2D eigenvalue weighted by Gasteiger charge is -2.41. The normalized spacial score (nSPS) is 29.8. The summed E-state index contributed by atoms with van der Waals surface area (Å²) in [5, 5.41) is 7.42. The number of piperazine rings is 2. The Morgan fingerprint density at radius 1 is 1.08 bits per heavy atom. The third kappa shape index (κ3) is 4.95. The molecule has 12 nitrogen and oxygen atoms in total. The van der Waals surface area contributed by atoms with E-state index in [2.05, 4.69) is 25.9 Å². The number of hydrogen-bond donors (Lipinski definition) is 4. The Morgan fingerprint density at radius 2 is 1.75 bits per heavy atom. The number of amides is 3. The number of urea groups is 1. The number of fused-ring (bicyclic) bond motifs is 1. The number of rotatable bonds is 3. The number of pyridine rings is 1. The number of nitrogens with two attached hydrogens (primary N) is 1.